The van der Waals surface area contributed by atoms with Crippen LogP contribution in [0.2, 0.25) is 0 Å². The first-order chi connectivity index (χ1) is 11.6. The van der Waals surface area contributed by atoms with E-state index in [4.69, 9.17) is 16.1 Å². The van der Waals surface area contributed by atoms with Crippen molar-refractivity contribution in [1.82, 2.24) is 0 Å². The molecule has 3 heteroatoms. The molecule has 24 heavy (non-hydrogen) atoms. The van der Waals surface area contributed by atoms with Crippen LogP contribution in [-0.2, 0) is 0 Å². The Kier molecular flexibility index (Phi) is 4.67. The highest BCUT2D eigenvalue weighted by Crippen LogP contribution is 2.43. The predicted molar refractivity (Wildman–Crippen MR) is 95.0 cm³/mol. The summed E-state index contributed by atoms with van der Waals surface area (Å²) in [6, 6.07) is 18.8. The molecular formula is C21H20N2O. The van der Waals surface area contributed by atoms with Gasteiger partial charge in [0.05, 0.1) is 12.7 Å². The Morgan fingerprint density at radius 1 is 1.04 bits per heavy atom. The Balaban J connectivity index is 1.68. The minimum atomic E-state index is -0.629. The molecule has 120 valence electrons. The molecule has 3 nitrogen and oxygen atoms in total. The molecule has 0 unspecified atom stereocenters. The van der Waals surface area contributed by atoms with Crippen molar-refractivity contribution < 1.29 is 5.11 Å². The van der Waals surface area contributed by atoms with Crippen molar-refractivity contribution in [2.24, 2.45) is 5.73 Å². The molecule has 0 aromatic heterocycles. The van der Waals surface area contributed by atoms with Gasteiger partial charge in [0.2, 0.25) is 0 Å². The highest BCUT2D eigenvalue weighted by atomic mass is 16.2. The molecule has 3 N–H and O–H groups in total. The number of aliphatic hydroxyl groups excluding tert-OH is 1. The summed E-state index contributed by atoms with van der Waals surface area (Å²) in [5, 5.41) is 17.7. The summed E-state index contributed by atoms with van der Waals surface area (Å²) in [4.78, 5) is 0. The fourth-order valence-electron chi connectivity index (χ4n) is 3.06. The molecule has 0 saturated heterocycles. The Labute approximate surface area is 142 Å². The van der Waals surface area contributed by atoms with Crippen molar-refractivity contribution in [2.75, 3.05) is 6.61 Å². The molecule has 1 saturated carbocycles. The summed E-state index contributed by atoms with van der Waals surface area (Å²) < 4.78 is 0. The molecule has 0 aliphatic heterocycles. The standard InChI is InChI=1S/C21H20N2O/c22-15-21(23)13-20(14-21)19-10-8-18(9-11-19)17-6-4-16(5-7-17)3-1-2-12-24/h4-11,20,24H,2,12-14,23H2. The van der Waals surface area contributed by atoms with Gasteiger partial charge < -0.3 is 10.8 Å². The van der Waals surface area contributed by atoms with Gasteiger partial charge >= 0.3 is 0 Å². The second-order valence-electron chi connectivity index (χ2n) is 6.35. The summed E-state index contributed by atoms with van der Waals surface area (Å²) in [5.74, 6) is 6.35. The zero-order chi connectivity index (χ0) is 17.0. The second kappa shape index (κ2) is 6.89. The normalized spacial score (nSPS) is 22.0. The lowest BCUT2D eigenvalue weighted by molar-refractivity contribution is 0.274. The maximum atomic E-state index is 9.00. The van der Waals surface area contributed by atoms with E-state index in [0.29, 0.717) is 12.3 Å². The summed E-state index contributed by atoms with van der Waals surface area (Å²) in [6.45, 7) is 0.0953. The van der Waals surface area contributed by atoms with Crippen LogP contribution in [0.3, 0.4) is 0 Å². The third-order valence-corrected chi connectivity index (χ3v) is 4.51. The molecule has 0 atom stereocenters. The molecule has 0 bridgehead atoms. The Morgan fingerprint density at radius 2 is 1.62 bits per heavy atom. The van der Waals surface area contributed by atoms with Crippen LogP contribution in [0.4, 0.5) is 0 Å². The Morgan fingerprint density at radius 3 is 2.17 bits per heavy atom. The van der Waals surface area contributed by atoms with Gasteiger partial charge in [-0.15, -0.1) is 0 Å². The zero-order valence-corrected chi connectivity index (χ0v) is 13.5. The molecule has 0 amide bonds. The smallest absolute Gasteiger partial charge is 0.105 e. The average Bonchev–Trinajstić information content (AvgIpc) is 2.60. The minimum absolute atomic E-state index is 0.0953. The first-order valence-corrected chi connectivity index (χ1v) is 8.14. The van der Waals surface area contributed by atoms with Crippen molar-refractivity contribution >= 4 is 0 Å². The van der Waals surface area contributed by atoms with E-state index in [9.17, 15) is 0 Å². The van der Waals surface area contributed by atoms with Crippen LogP contribution in [-0.4, -0.2) is 17.3 Å². The van der Waals surface area contributed by atoms with Gasteiger partial charge in [0.15, 0.2) is 0 Å². The van der Waals surface area contributed by atoms with Crippen molar-refractivity contribution in [3.63, 3.8) is 0 Å². The van der Waals surface area contributed by atoms with Gasteiger partial charge in [-0.25, -0.2) is 0 Å². The van der Waals surface area contributed by atoms with Gasteiger partial charge in [0.1, 0.15) is 5.54 Å². The number of benzene rings is 2. The molecule has 1 aliphatic rings. The highest BCUT2D eigenvalue weighted by molar-refractivity contribution is 5.64. The number of aliphatic hydroxyl groups is 1. The number of hydrogen-bond donors (Lipinski definition) is 2. The van der Waals surface area contributed by atoms with E-state index in [1.807, 2.05) is 12.1 Å². The van der Waals surface area contributed by atoms with Crippen molar-refractivity contribution in [3.8, 4) is 29.0 Å². The van der Waals surface area contributed by atoms with Crippen LogP contribution in [0.5, 0.6) is 0 Å². The topological polar surface area (TPSA) is 70.0 Å². The summed E-state index contributed by atoms with van der Waals surface area (Å²) in [7, 11) is 0. The van der Waals surface area contributed by atoms with Crippen molar-refractivity contribution in [3.05, 3.63) is 59.7 Å². The first kappa shape index (κ1) is 16.3. The van der Waals surface area contributed by atoms with Gasteiger partial charge in [0, 0.05) is 12.0 Å². The second-order valence-corrected chi connectivity index (χ2v) is 6.35. The number of nitrogens with zero attached hydrogens (tertiary/aromatic N) is 1. The highest BCUT2D eigenvalue weighted by Gasteiger charge is 2.41. The van der Waals surface area contributed by atoms with Crippen molar-refractivity contribution in [1.29, 1.82) is 5.26 Å². The zero-order valence-electron chi connectivity index (χ0n) is 13.5. The lowest BCUT2D eigenvalue weighted by atomic mass is 9.67. The van der Waals surface area contributed by atoms with Crippen LogP contribution < -0.4 is 5.73 Å². The average molecular weight is 316 g/mol. The van der Waals surface area contributed by atoms with E-state index < -0.39 is 5.54 Å². The molecule has 1 fully saturated rings. The molecule has 0 radical (unpaired) electrons. The van der Waals surface area contributed by atoms with E-state index in [1.165, 1.54) is 5.56 Å². The fourth-order valence-corrected chi connectivity index (χ4v) is 3.06. The molecule has 2 aromatic rings. The predicted octanol–water partition coefficient (Wildman–Crippen LogP) is 3.19. The molecular weight excluding hydrogens is 296 g/mol. The largest absolute Gasteiger partial charge is 0.395 e. The SMILES string of the molecule is N#CC1(N)CC(c2ccc(-c3ccc(C#CCCO)cc3)cc2)C1. The lowest BCUT2D eigenvalue weighted by Gasteiger charge is -2.39. The van der Waals surface area contributed by atoms with Crippen LogP contribution in [0.15, 0.2) is 48.5 Å². The summed E-state index contributed by atoms with van der Waals surface area (Å²) in [6.07, 6.45) is 1.98. The van der Waals surface area contributed by atoms with Gasteiger partial charge in [-0.05, 0) is 47.6 Å². The fraction of sp³-hybridized carbons (Fsp3) is 0.286. The maximum absolute atomic E-state index is 9.00. The lowest BCUT2D eigenvalue weighted by Crippen LogP contribution is -2.49. The maximum Gasteiger partial charge on any atom is 0.105 e. The minimum Gasteiger partial charge on any atom is -0.395 e. The summed E-state index contributed by atoms with van der Waals surface area (Å²) >= 11 is 0. The quantitative estimate of drug-likeness (QED) is 0.854. The van der Waals surface area contributed by atoms with E-state index in [2.05, 4.69) is 54.3 Å². The number of nitriles is 1. The van der Waals surface area contributed by atoms with Gasteiger partial charge in [-0.1, -0.05) is 48.2 Å². The molecule has 3 rings (SSSR count). The Hall–Kier alpha value is -2.59. The number of hydrogen-bond acceptors (Lipinski definition) is 3. The number of nitrogens with two attached hydrogens (primary N) is 1. The molecule has 0 heterocycles. The van der Waals surface area contributed by atoms with Crippen molar-refractivity contribution in [2.45, 2.75) is 30.7 Å². The van der Waals surface area contributed by atoms with Crippen LogP contribution >= 0.6 is 0 Å². The molecule has 2 aromatic carbocycles. The Bertz CT molecular complexity index is 798. The third kappa shape index (κ3) is 3.49. The molecule has 1 aliphatic carbocycles. The van der Waals surface area contributed by atoms with Gasteiger partial charge in [0.25, 0.3) is 0 Å². The first-order valence-electron chi connectivity index (χ1n) is 8.14. The van der Waals surface area contributed by atoms with E-state index in [-0.39, 0.29) is 6.61 Å². The van der Waals surface area contributed by atoms with Crippen LogP contribution in [0.25, 0.3) is 11.1 Å². The monoisotopic (exact) mass is 316 g/mol. The third-order valence-electron chi connectivity index (χ3n) is 4.51. The van der Waals surface area contributed by atoms with E-state index in [0.717, 1.165) is 29.5 Å². The van der Waals surface area contributed by atoms with Crippen LogP contribution in [0, 0.1) is 23.2 Å². The van der Waals surface area contributed by atoms with E-state index >= 15 is 0 Å². The number of rotatable bonds is 3. The van der Waals surface area contributed by atoms with Gasteiger partial charge in [-0.2, -0.15) is 5.26 Å². The molecule has 0 spiro atoms. The summed E-state index contributed by atoms with van der Waals surface area (Å²) in [5.41, 5.74) is 9.80. The van der Waals surface area contributed by atoms with Crippen LogP contribution in [0.1, 0.15) is 36.3 Å². The van der Waals surface area contributed by atoms with E-state index in [1.54, 1.807) is 0 Å². The van der Waals surface area contributed by atoms with Gasteiger partial charge in [-0.3, -0.25) is 0 Å².